The second kappa shape index (κ2) is 4.35. The van der Waals surface area contributed by atoms with Crippen molar-refractivity contribution in [3.05, 3.63) is 42.6 Å². The molecule has 0 bridgehead atoms. The maximum Gasteiger partial charge on any atom is 0.258 e. The highest BCUT2D eigenvalue weighted by Gasteiger charge is 2.05. The fourth-order valence-corrected chi connectivity index (χ4v) is 1.10. The number of amides is 1. The molecule has 0 aliphatic heterocycles. The minimum Gasteiger partial charge on any atom is -0.384 e. The van der Waals surface area contributed by atoms with Crippen LogP contribution >= 0.6 is 0 Å². The summed E-state index contributed by atoms with van der Waals surface area (Å²) in [6, 6.07) is 3.28. The molecule has 2 aromatic rings. The monoisotopic (exact) mass is 215 g/mol. The average Bonchev–Trinajstić information content (AvgIpc) is 2.33. The lowest BCUT2D eigenvalue weighted by Gasteiger charge is -2.03. The van der Waals surface area contributed by atoms with E-state index in [1.807, 2.05) is 0 Å². The fraction of sp³-hybridized carbons (Fsp3) is 0. The van der Waals surface area contributed by atoms with Crippen molar-refractivity contribution in [1.82, 2.24) is 15.0 Å². The van der Waals surface area contributed by atoms with Gasteiger partial charge in [-0.2, -0.15) is 0 Å². The topological polar surface area (TPSA) is 93.8 Å². The second-order valence-electron chi connectivity index (χ2n) is 3.05. The zero-order valence-electron chi connectivity index (χ0n) is 8.29. The highest BCUT2D eigenvalue weighted by Crippen LogP contribution is 2.08. The summed E-state index contributed by atoms with van der Waals surface area (Å²) in [6.07, 6.45) is 5.72. The quantitative estimate of drug-likeness (QED) is 0.769. The number of nitrogens with two attached hydrogens (primary N) is 1. The minimum atomic E-state index is -0.285. The number of carbonyl (C=O) groups is 1. The van der Waals surface area contributed by atoms with Gasteiger partial charge in [0, 0.05) is 12.4 Å². The van der Waals surface area contributed by atoms with E-state index < -0.39 is 0 Å². The number of rotatable bonds is 2. The Kier molecular flexibility index (Phi) is 2.73. The molecular weight excluding hydrogens is 206 g/mol. The van der Waals surface area contributed by atoms with Gasteiger partial charge in [-0.3, -0.25) is 4.79 Å². The largest absolute Gasteiger partial charge is 0.384 e. The smallest absolute Gasteiger partial charge is 0.258 e. The van der Waals surface area contributed by atoms with Crippen molar-refractivity contribution in [2.24, 2.45) is 0 Å². The summed E-state index contributed by atoms with van der Waals surface area (Å²) in [4.78, 5) is 23.0. The Bertz CT molecular complexity index is 482. The van der Waals surface area contributed by atoms with Gasteiger partial charge < -0.3 is 11.1 Å². The molecule has 0 fully saturated rings. The van der Waals surface area contributed by atoms with Crippen LogP contribution in [0.15, 0.2) is 37.1 Å². The van der Waals surface area contributed by atoms with Gasteiger partial charge in [0.1, 0.15) is 12.1 Å². The first-order valence-corrected chi connectivity index (χ1v) is 4.53. The van der Waals surface area contributed by atoms with Crippen molar-refractivity contribution in [3.8, 4) is 0 Å². The van der Waals surface area contributed by atoms with E-state index in [1.165, 1.54) is 24.9 Å². The van der Waals surface area contributed by atoms with Crippen LogP contribution < -0.4 is 11.1 Å². The van der Waals surface area contributed by atoms with Gasteiger partial charge in [0.25, 0.3) is 5.91 Å². The van der Waals surface area contributed by atoms with Gasteiger partial charge in [-0.1, -0.05) is 0 Å². The molecule has 0 aliphatic carbocycles. The number of pyridine rings is 1. The molecule has 0 atom stereocenters. The van der Waals surface area contributed by atoms with E-state index in [-0.39, 0.29) is 5.91 Å². The Morgan fingerprint density at radius 1 is 1.19 bits per heavy atom. The number of hydrogen-bond acceptors (Lipinski definition) is 5. The number of carbonyl (C=O) groups excluding carboxylic acids is 1. The van der Waals surface area contributed by atoms with E-state index in [9.17, 15) is 4.79 Å². The summed E-state index contributed by atoms with van der Waals surface area (Å²) < 4.78 is 0. The second-order valence-corrected chi connectivity index (χ2v) is 3.05. The molecule has 6 heteroatoms. The van der Waals surface area contributed by atoms with Gasteiger partial charge in [-0.25, -0.2) is 15.0 Å². The van der Waals surface area contributed by atoms with Crippen molar-refractivity contribution in [2.75, 3.05) is 11.1 Å². The number of aromatic nitrogens is 3. The van der Waals surface area contributed by atoms with Crippen molar-refractivity contribution in [2.45, 2.75) is 0 Å². The van der Waals surface area contributed by atoms with Crippen LogP contribution in [0.5, 0.6) is 0 Å². The molecule has 2 aromatic heterocycles. The first-order chi connectivity index (χ1) is 7.75. The minimum absolute atomic E-state index is 0.285. The van der Waals surface area contributed by atoms with Gasteiger partial charge in [0.05, 0.1) is 17.4 Å². The van der Waals surface area contributed by atoms with E-state index in [0.717, 1.165) is 0 Å². The standard InChI is InChI=1S/C10H9N5O/c11-9-2-1-8(5-14-9)15-10(16)7-3-12-6-13-4-7/h1-6H,(H2,11,14)(H,15,16). The van der Waals surface area contributed by atoms with Crippen molar-refractivity contribution >= 4 is 17.4 Å². The van der Waals surface area contributed by atoms with Crippen LogP contribution in [-0.4, -0.2) is 20.9 Å². The van der Waals surface area contributed by atoms with Gasteiger partial charge in [0.2, 0.25) is 0 Å². The molecule has 2 heterocycles. The highest BCUT2D eigenvalue weighted by molar-refractivity contribution is 6.03. The third-order valence-electron chi connectivity index (χ3n) is 1.87. The van der Waals surface area contributed by atoms with Crippen LogP contribution in [0.25, 0.3) is 0 Å². The maximum absolute atomic E-state index is 11.6. The lowest BCUT2D eigenvalue weighted by atomic mass is 10.3. The predicted molar refractivity (Wildman–Crippen MR) is 58.6 cm³/mol. The molecule has 0 radical (unpaired) electrons. The van der Waals surface area contributed by atoms with Gasteiger partial charge >= 0.3 is 0 Å². The highest BCUT2D eigenvalue weighted by atomic mass is 16.1. The molecule has 3 N–H and O–H groups in total. The molecule has 2 rings (SSSR count). The Labute approximate surface area is 91.6 Å². The molecular formula is C10H9N5O. The summed E-state index contributed by atoms with van der Waals surface area (Å²) in [5.74, 6) is 0.119. The predicted octanol–water partition coefficient (Wildman–Crippen LogP) is 0.706. The van der Waals surface area contributed by atoms with Gasteiger partial charge in [-0.15, -0.1) is 0 Å². The molecule has 6 nitrogen and oxygen atoms in total. The molecule has 0 unspecified atom stereocenters. The van der Waals surface area contributed by atoms with Gasteiger partial charge in [-0.05, 0) is 12.1 Å². The van der Waals surface area contributed by atoms with E-state index >= 15 is 0 Å². The Hall–Kier alpha value is -2.50. The Balaban J connectivity index is 2.11. The number of hydrogen-bond donors (Lipinski definition) is 2. The fourth-order valence-electron chi connectivity index (χ4n) is 1.10. The first kappa shape index (κ1) is 10.0. The summed E-state index contributed by atoms with van der Waals surface area (Å²) in [7, 11) is 0. The molecule has 0 aromatic carbocycles. The van der Waals surface area contributed by atoms with Crippen molar-refractivity contribution < 1.29 is 4.79 Å². The third-order valence-corrected chi connectivity index (χ3v) is 1.87. The zero-order valence-corrected chi connectivity index (χ0v) is 8.29. The summed E-state index contributed by atoms with van der Waals surface area (Å²) in [6.45, 7) is 0. The lowest BCUT2D eigenvalue weighted by molar-refractivity contribution is 0.102. The number of nitrogens with zero attached hydrogens (tertiary/aromatic N) is 3. The van der Waals surface area contributed by atoms with Crippen LogP contribution in [0.4, 0.5) is 11.5 Å². The number of nitrogens with one attached hydrogen (secondary N) is 1. The molecule has 0 aliphatic rings. The average molecular weight is 215 g/mol. The van der Waals surface area contributed by atoms with Crippen molar-refractivity contribution in [1.29, 1.82) is 0 Å². The van der Waals surface area contributed by atoms with E-state index in [0.29, 0.717) is 17.1 Å². The summed E-state index contributed by atoms with van der Waals surface area (Å²) >= 11 is 0. The summed E-state index contributed by atoms with van der Waals surface area (Å²) in [5, 5.41) is 2.65. The maximum atomic E-state index is 11.6. The van der Waals surface area contributed by atoms with Crippen LogP contribution in [-0.2, 0) is 0 Å². The molecule has 16 heavy (non-hydrogen) atoms. The summed E-state index contributed by atoms with van der Waals surface area (Å²) in [5.41, 5.74) is 6.39. The molecule has 0 saturated heterocycles. The third kappa shape index (κ3) is 2.30. The van der Waals surface area contributed by atoms with Crippen LogP contribution in [0, 0.1) is 0 Å². The zero-order chi connectivity index (χ0) is 11.4. The normalized spacial score (nSPS) is 9.75. The molecule has 80 valence electrons. The van der Waals surface area contributed by atoms with E-state index in [4.69, 9.17) is 5.73 Å². The SMILES string of the molecule is Nc1ccc(NC(=O)c2cncnc2)cn1. The molecule has 0 spiro atoms. The van der Waals surface area contributed by atoms with Gasteiger partial charge in [0.15, 0.2) is 0 Å². The van der Waals surface area contributed by atoms with Crippen LogP contribution in [0.3, 0.4) is 0 Å². The Morgan fingerprint density at radius 2 is 1.94 bits per heavy atom. The molecule has 0 saturated carbocycles. The van der Waals surface area contributed by atoms with E-state index in [1.54, 1.807) is 12.1 Å². The van der Waals surface area contributed by atoms with Crippen LogP contribution in [0.1, 0.15) is 10.4 Å². The first-order valence-electron chi connectivity index (χ1n) is 4.53. The molecule has 1 amide bonds. The van der Waals surface area contributed by atoms with E-state index in [2.05, 4.69) is 20.3 Å². The Morgan fingerprint density at radius 3 is 2.56 bits per heavy atom. The number of anilines is 2. The van der Waals surface area contributed by atoms with Crippen molar-refractivity contribution in [3.63, 3.8) is 0 Å². The van der Waals surface area contributed by atoms with Crippen LogP contribution in [0.2, 0.25) is 0 Å². The number of nitrogen functional groups attached to an aromatic ring is 1. The lowest BCUT2D eigenvalue weighted by Crippen LogP contribution is -2.12.